The lowest BCUT2D eigenvalue weighted by Gasteiger charge is -2.29. The van der Waals surface area contributed by atoms with Crippen molar-refractivity contribution in [1.82, 2.24) is 0 Å². The van der Waals surface area contributed by atoms with Crippen LogP contribution in [0, 0.1) is 10.8 Å². The van der Waals surface area contributed by atoms with Crippen LogP contribution in [-0.2, 0) is 9.78 Å². The first-order valence-electron chi connectivity index (χ1n) is 5.47. The molecule has 0 fully saturated rings. The summed E-state index contributed by atoms with van der Waals surface area (Å²) in [4.78, 5) is 9.44. The quantitative estimate of drug-likeness (QED) is 0.131. The topological polar surface area (TPSA) is 140 Å². The van der Waals surface area contributed by atoms with E-state index in [9.17, 15) is 0 Å². The molecule has 6 N–H and O–H groups in total. The third-order valence-electron chi connectivity index (χ3n) is 2.83. The molecular formula is C10H22O8. The summed E-state index contributed by atoms with van der Waals surface area (Å²) < 4.78 is 0. The van der Waals surface area contributed by atoms with E-state index < -0.39 is 50.5 Å². The van der Waals surface area contributed by atoms with Crippen LogP contribution in [0.5, 0.6) is 0 Å². The molecule has 0 amide bonds. The van der Waals surface area contributed by atoms with Gasteiger partial charge >= 0.3 is 0 Å². The Labute approximate surface area is 105 Å². The molecule has 0 spiro atoms. The van der Waals surface area contributed by atoms with Crippen molar-refractivity contribution in [2.45, 2.75) is 0 Å². The van der Waals surface area contributed by atoms with Gasteiger partial charge in [0.2, 0.25) is 0 Å². The monoisotopic (exact) mass is 270 g/mol. The largest absolute Gasteiger partial charge is 0.396 e. The third kappa shape index (κ3) is 4.75. The van der Waals surface area contributed by atoms with Crippen LogP contribution in [-0.4, -0.2) is 83.5 Å². The van der Waals surface area contributed by atoms with Crippen molar-refractivity contribution in [2.24, 2.45) is 10.8 Å². The molecule has 8 heteroatoms. The van der Waals surface area contributed by atoms with Crippen LogP contribution < -0.4 is 0 Å². The average molecular weight is 270 g/mol. The SMILES string of the molecule is OCC(CO)(CO)COOCC(CO)(CO)CO. The van der Waals surface area contributed by atoms with E-state index in [0.717, 1.165) is 0 Å². The molecule has 0 radical (unpaired) electrons. The molecular weight excluding hydrogens is 248 g/mol. The standard InChI is InChI=1S/C10H22O8/c11-1-9(2-12,3-13)7-17-18-8-10(4-14,5-15)6-16/h11-16H,1-8H2. The lowest BCUT2D eigenvalue weighted by molar-refractivity contribution is -0.334. The molecule has 0 aromatic heterocycles. The van der Waals surface area contributed by atoms with Gasteiger partial charge in [-0.3, -0.25) is 0 Å². The summed E-state index contributed by atoms with van der Waals surface area (Å²) >= 11 is 0. The molecule has 18 heavy (non-hydrogen) atoms. The van der Waals surface area contributed by atoms with E-state index in [0.29, 0.717) is 0 Å². The van der Waals surface area contributed by atoms with Gasteiger partial charge in [-0.25, -0.2) is 9.78 Å². The van der Waals surface area contributed by atoms with Crippen molar-refractivity contribution in [3.05, 3.63) is 0 Å². The minimum atomic E-state index is -1.22. The molecule has 0 aromatic carbocycles. The van der Waals surface area contributed by atoms with Gasteiger partial charge < -0.3 is 30.6 Å². The van der Waals surface area contributed by atoms with Crippen molar-refractivity contribution in [2.75, 3.05) is 52.9 Å². The molecule has 0 saturated carbocycles. The molecule has 0 aliphatic rings. The van der Waals surface area contributed by atoms with Gasteiger partial charge in [0.1, 0.15) is 0 Å². The fraction of sp³-hybridized carbons (Fsp3) is 1.00. The highest BCUT2D eigenvalue weighted by Gasteiger charge is 2.32. The van der Waals surface area contributed by atoms with Crippen LogP contribution in [0.1, 0.15) is 0 Å². The van der Waals surface area contributed by atoms with Crippen molar-refractivity contribution >= 4 is 0 Å². The van der Waals surface area contributed by atoms with E-state index in [1.54, 1.807) is 0 Å². The van der Waals surface area contributed by atoms with Gasteiger partial charge in [0.15, 0.2) is 0 Å². The first kappa shape index (κ1) is 17.7. The van der Waals surface area contributed by atoms with E-state index >= 15 is 0 Å². The maximum Gasteiger partial charge on any atom is 0.0944 e. The molecule has 0 aromatic rings. The highest BCUT2D eigenvalue weighted by Crippen LogP contribution is 2.18. The molecule has 0 atom stereocenters. The number of aliphatic hydroxyl groups is 6. The normalized spacial score (nSPS) is 13.0. The zero-order valence-corrected chi connectivity index (χ0v) is 10.2. The first-order chi connectivity index (χ1) is 8.57. The Balaban J connectivity index is 4.11. The Hall–Kier alpha value is -0.320. The van der Waals surface area contributed by atoms with Gasteiger partial charge in [-0.05, 0) is 0 Å². The average Bonchev–Trinajstić information content (AvgIpc) is 2.45. The van der Waals surface area contributed by atoms with Crippen LogP contribution in [0.3, 0.4) is 0 Å². The molecule has 0 saturated heterocycles. The molecule has 0 aliphatic carbocycles. The Kier molecular flexibility index (Phi) is 8.57. The Morgan fingerprint density at radius 2 is 0.722 bits per heavy atom. The summed E-state index contributed by atoms with van der Waals surface area (Å²) in [6.45, 7) is -3.49. The van der Waals surface area contributed by atoms with Gasteiger partial charge in [-0.2, -0.15) is 0 Å². The predicted molar refractivity (Wildman–Crippen MR) is 59.3 cm³/mol. The zero-order chi connectivity index (χ0) is 14.1. The van der Waals surface area contributed by atoms with Gasteiger partial charge in [-0.15, -0.1) is 0 Å². The smallest absolute Gasteiger partial charge is 0.0944 e. The van der Waals surface area contributed by atoms with E-state index in [1.807, 2.05) is 0 Å². The summed E-state index contributed by atoms with van der Waals surface area (Å²) in [6, 6.07) is 0. The van der Waals surface area contributed by atoms with Crippen LogP contribution in [0.15, 0.2) is 0 Å². The van der Waals surface area contributed by atoms with Gasteiger partial charge in [0.25, 0.3) is 0 Å². The van der Waals surface area contributed by atoms with Gasteiger partial charge in [-0.1, -0.05) is 0 Å². The summed E-state index contributed by atoms with van der Waals surface area (Å²) in [5, 5.41) is 54.0. The molecule has 8 nitrogen and oxygen atoms in total. The van der Waals surface area contributed by atoms with Crippen LogP contribution in [0.25, 0.3) is 0 Å². The van der Waals surface area contributed by atoms with Gasteiger partial charge in [0, 0.05) is 0 Å². The third-order valence-corrected chi connectivity index (χ3v) is 2.83. The minimum Gasteiger partial charge on any atom is -0.396 e. The number of rotatable bonds is 11. The molecule has 0 aliphatic heterocycles. The van der Waals surface area contributed by atoms with E-state index in [-0.39, 0.29) is 13.2 Å². The number of aliphatic hydroxyl groups excluding tert-OH is 6. The maximum absolute atomic E-state index is 9.00. The first-order valence-corrected chi connectivity index (χ1v) is 5.47. The second kappa shape index (κ2) is 8.73. The molecule has 110 valence electrons. The lowest BCUT2D eigenvalue weighted by atomic mass is 9.92. The number of hydrogen-bond donors (Lipinski definition) is 6. The second-order valence-electron chi connectivity index (χ2n) is 4.47. The van der Waals surface area contributed by atoms with Crippen LogP contribution in [0.2, 0.25) is 0 Å². The molecule has 0 heterocycles. The Morgan fingerprint density at radius 1 is 0.500 bits per heavy atom. The van der Waals surface area contributed by atoms with E-state index in [2.05, 4.69) is 0 Å². The minimum absolute atomic E-state index is 0.269. The van der Waals surface area contributed by atoms with Crippen LogP contribution >= 0.6 is 0 Å². The maximum atomic E-state index is 9.00. The van der Waals surface area contributed by atoms with E-state index in [1.165, 1.54) is 0 Å². The zero-order valence-electron chi connectivity index (χ0n) is 10.2. The molecule has 0 unspecified atom stereocenters. The molecule has 0 bridgehead atoms. The van der Waals surface area contributed by atoms with Crippen molar-refractivity contribution in [1.29, 1.82) is 0 Å². The van der Waals surface area contributed by atoms with Crippen molar-refractivity contribution in [3.63, 3.8) is 0 Å². The Bertz CT molecular complexity index is 164. The summed E-state index contributed by atoms with van der Waals surface area (Å²) in [6.07, 6.45) is 0. The second-order valence-corrected chi connectivity index (χ2v) is 4.47. The summed E-state index contributed by atoms with van der Waals surface area (Å²) in [5.74, 6) is 0. The highest BCUT2D eigenvalue weighted by molar-refractivity contribution is 4.77. The summed E-state index contributed by atoms with van der Waals surface area (Å²) in [5.41, 5.74) is -2.44. The summed E-state index contributed by atoms with van der Waals surface area (Å²) in [7, 11) is 0. The van der Waals surface area contributed by atoms with Crippen molar-refractivity contribution in [3.8, 4) is 0 Å². The fourth-order valence-electron chi connectivity index (χ4n) is 0.907. The predicted octanol–water partition coefficient (Wildman–Crippen LogP) is -3.14. The van der Waals surface area contributed by atoms with Crippen molar-refractivity contribution < 1.29 is 40.4 Å². The Morgan fingerprint density at radius 3 is 0.889 bits per heavy atom. The highest BCUT2D eigenvalue weighted by atomic mass is 17.2. The van der Waals surface area contributed by atoms with Gasteiger partial charge in [0.05, 0.1) is 63.7 Å². The van der Waals surface area contributed by atoms with Crippen LogP contribution in [0.4, 0.5) is 0 Å². The lowest BCUT2D eigenvalue weighted by Crippen LogP contribution is -2.41. The molecule has 0 rings (SSSR count). The number of hydrogen-bond acceptors (Lipinski definition) is 8. The van der Waals surface area contributed by atoms with E-state index in [4.69, 9.17) is 40.4 Å². The fourth-order valence-corrected chi connectivity index (χ4v) is 0.907.